The maximum Gasteiger partial charge on any atom is 0.673 e. The second kappa shape index (κ2) is 10.7. The summed E-state index contributed by atoms with van der Waals surface area (Å²) in [6.07, 6.45) is 3.48. The molecular formula is C22H24BF4NO2. The first-order valence-corrected chi connectivity index (χ1v) is 9.54. The standard InChI is InChI=1S/C22H24NO2.BF4/c1-4-23(5-2)18-11-12-20-21(17-9-7-6-8-10-17)16-19(13-14-24-3)25-22(20)15-18;2-1(3,4)5/h6-16H,4-5H2,1-3H3;/q+1;-1/b14-13+;. The molecule has 30 heavy (non-hydrogen) atoms. The minimum absolute atomic E-state index is 0.768. The largest absolute Gasteiger partial charge is 0.673 e. The Morgan fingerprint density at radius 1 is 0.933 bits per heavy atom. The molecule has 0 N–H and O–H groups in total. The van der Waals surface area contributed by atoms with E-state index in [0.717, 1.165) is 35.7 Å². The van der Waals surface area contributed by atoms with E-state index in [1.54, 1.807) is 13.4 Å². The minimum Gasteiger partial charge on any atom is -0.504 e. The number of halogens is 4. The van der Waals surface area contributed by atoms with Crippen LogP contribution in [0.15, 0.2) is 65.3 Å². The van der Waals surface area contributed by atoms with Crippen molar-refractivity contribution in [3.63, 3.8) is 0 Å². The van der Waals surface area contributed by atoms with E-state index in [1.807, 2.05) is 12.1 Å². The van der Waals surface area contributed by atoms with Gasteiger partial charge >= 0.3 is 7.25 Å². The third kappa shape index (κ3) is 6.79. The highest BCUT2D eigenvalue weighted by Gasteiger charge is 2.20. The van der Waals surface area contributed by atoms with Crippen molar-refractivity contribution in [2.45, 2.75) is 13.8 Å². The average Bonchev–Trinajstić information content (AvgIpc) is 2.72. The Morgan fingerprint density at radius 2 is 1.57 bits per heavy atom. The molecule has 8 heteroatoms. The van der Waals surface area contributed by atoms with Crippen LogP contribution in [0.4, 0.5) is 17.3 Å². The predicted molar refractivity (Wildman–Crippen MR) is 113 cm³/mol. The third-order valence-corrected chi connectivity index (χ3v) is 4.35. The van der Waals surface area contributed by atoms with Gasteiger partial charge in [-0.2, -0.15) is 0 Å². The van der Waals surface area contributed by atoms with Gasteiger partial charge in [-0.1, -0.05) is 30.3 Å². The Labute approximate surface area is 173 Å². The van der Waals surface area contributed by atoms with Crippen LogP contribution in [0.1, 0.15) is 19.6 Å². The number of fused-ring (bicyclic) bond motifs is 1. The molecule has 0 amide bonds. The molecule has 0 atom stereocenters. The molecule has 0 aromatic heterocycles. The van der Waals surface area contributed by atoms with Crippen LogP contribution in [0.25, 0.3) is 28.5 Å². The van der Waals surface area contributed by atoms with Crippen molar-refractivity contribution in [3.05, 3.63) is 72.0 Å². The number of hydrogen-bond donors (Lipinski definition) is 0. The molecule has 1 aliphatic carbocycles. The summed E-state index contributed by atoms with van der Waals surface area (Å²) in [6, 6.07) is 18.9. The van der Waals surface area contributed by atoms with Gasteiger partial charge in [0.2, 0.25) is 5.36 Å². The molecule has 0 bridgehead atoms. The summed E-state index contributed by atoms with van der Waals surface area (Å²) in [4.78, 5) is 0. The van der Waals surface area contributed by atoms with Gasteiger partial charge < -0.3 is 26.4 Å². The summed E-state index contributed by atoms with van der Waals surface area (Å²) in [7, 11) is -4.37. The molecule has 0 saturated carbocycles. The van der Waals surface area contributed by atoms with Crippen molar-refractivity contribution in [2.75, 3.05) is 20.2 Å². The van der Waals surface area contributed by atoms with Gasteiger partial charge in [0.1, 0.15) is 24.6 Å². The number of hydrogen-bond acceptors (Lipinski definition) is 2. The first-order chi connectivity index (χ1) is 14.3. The van der Waals surface area contributed by atoms with Crippen molar-refractivity contribution in [3.8, 4) is 22.5 Å². The number of nitrogens with zero attached hydrogens (tertiary/aromatic N) is 1. The van der Waals surface area contributed by atoms with Crippen LogP contribution in [0.5, 0.6) is 0 Å². The minimum atomic E-state index is -6.00. The average molecular weight is 421 g/mol. The van der Waals surface area contributed by atoms with E-state index in [4.69, 9.17) is 9.15 Å². The number of ether oxygens (including phenoxy) is 1. The SMILES string of the molecule is CC[N+](CC)=c1ccc2c(-c3ccccc3)cc(/C=C/OC)oc-2c1.F[B-](F)(F)F. The maximum absolute atomic E-state index is 9.75. The van der Waals surface area contributed by atoms with Gasteiger partial charge in [0.05, 0.1) is 19.4 Å². The normalized spacial score (nSPS) is 11.3. The van der Waals surface area contributed by atoms with Gasteiger partial charge in [-0.05, 0) is 37.1 Å². The Kier molecular flexibility index (Phi) is 8.27. The smallest absolute Gasteiger partial charge is 0.504 e. The van der Waals surface area contributed by atoms with Crippen LogP contribution in [0.2, 0.25) is 0 Å². The van der Waals surface area contributed by atoms with Crippen LogP contribution in [0.3, 0.4) is 0 Å². The molecule has 1 aromatic rings. The Balaban J connectivity index is 0.000000575. The molecule has 0 unspecified atom stereocenters. The molecule has 160 valence electrons. The third-order valence-electron chi connectivity index (χ3n) is 4.35. The van der Waals surface area contributed by atoms with Crippen LogP contribution < -0.4 is 9.93 Å². The predicted octanol–water partition coefficient (Wildman–Crippen LogP) is 5.78. The lowest BCUT2D eigenvalue weighted by Gasteiger charge is -2.13. The van der Waals surface area contributed by atoms with Gasteiger partial charge in [0, 0.05) is 17.7 Å². The first-order valence-electron chi connectivity index (χ1n) is 9.54. The fraction of sp³-hybridized carbons (Fsp3) is 0.227. The second-order valence-electron chi connectivity index (χ2n) is 6.31. The van der Waals surface area contributed by atoms with Gasteiger partial charge in [-0.25, -0.2) is 4.58 Å². The molecule has 3 rings (SSSR count). The van der Waals surface area contributed by atoms with Gasteiger partial charge in [0.25, 0.3) is 0 Å². The van der Waals surface area contributed by atoms with Crippen LogP contribution >= 0.6 is 0 Å². The molecule has 1 aliphatic heterocycles. The quantitative estimate of drug-likeness (QED) is 0.226. The number of methoxy groups -OCH3 is 1. The monoisotopic (exact) mass is 421 g/mol. The lowest BCUT2D eigenvalue weighted by atomic mass is 9.97. The Hall–Kier alpha value is -3.03. The van der Waals surface area contributed by atoms with Crippen molar-refractivity contribution < 1.29 is 26.4 Å². The molecule has 0 radical (unpaired) electrons. The molecule has 2 aliphatic rings. The Bertz CT molecular complexity index is 1000. The first kappa shape index (κ1) is 23.3. The molecular weight excluding hydrogens is 397 g/mol. The highest BCUT2D eigenvalue weighted by molar-refractivity contribution is 6.50. The van der Waals surface area contributed by atoms with Crippen molar-refractivity contribution in [1.29, 1.82) is 0 Å². The summed E-state index contributed by atoms with van der Waals surface area (Å²) < 4.78 is 52.5. The molecule has 1 heterocycles. The molecule has 1 aromatic carbocycles. The zero-order chi connectivity index (χ0) is 22.1. The van der Waals surface area contributed by atoms with Crippen molar-refractivity contribution in [2.24, 2.45) is 0 Å². The summed E-state index contributed by atoms with van der Waals surface area (Å²) in [5, 5.41) is 1.17. The summed E-state index contributed by atoms with van der Waals surface area (Å²) in [6.45, 7) is 6.27. The zero-order valence-electron chi connectivity index (χ0n) is 17.1. The lowest BCUT2D eigenvalue weighted by Crippen LogP contribution is -2.29. The van der Waals surface area contributed by atoms with Crippen molar-refractivity contribution in [1.82, 2.24) is 4.58 Å². The van der Waals surface area contributed by atoms with E-state index in [1.165, 1.54) is 10.9 Å². The maximum atomic E-state index is 9.75. The van der Waals surface area contributed by atoms with E-state index in [-0.39, 0.29) is 0 Å². The van der Waals surface area contributed by atoms with Crippen LogP contribution in [0, 0.1) is 0 Å². The second-order valence-corrected chi connectivity index (χ2v) is 6.31. The number of rotatable bonds is 5. The van der Waals surface area contributed by atoms with Gasteiger partial charge in [-0.15, -0.1) is 0 Å². The van der Waals surface area contributed by atoms with Crippen molar-refractivity contribution >= 4 is 13.3 Å². The summed E-state index contributed by atoms with van der Waals surface area (Å²) in [5.74, 6) is 1.64. The highest BCUT2D eigenvalue weighted by atomic mass is 19.5. The molecule has 0 saturated heterocycles. The molecule has 0 fully saturated rings. The van der Waals surface area contributed by atoms with Crippen LogP contribution in [-0.2, 0) is 4.74 Å². The van der Waals surface area contributed by atoms with E-state index >= 15 is 0 Å². The van der Waals surface area contributed by atoms with Gasteiger partial charge in [0.15, 0.2) is 0 Å². The van der Waals surface area contributed by atoms with E-state index in [9.17, 15) is 17.3 Å². The molecule has 0 spiro atoms. The lowest BCUT2D eigenvalue weighted by molar-refractivity contribution is 0.340. The summed E-state index contributed by atoms with van der Waals surface area (Å²) in [5.41, 5.74) is 3.44. The van der Waals surface area contributed by atoms with E-state index in [0.29, 0.717) is 0 Å². The fourth-order valence-electron chi connectivity index (χ4n) is 3.05. The van der Waals surface area contributed by atoms with Gasteiger partial charge in [-0.3, -0.25) is 0 Å². The fourth-order valence-corrected chi connectivity index (χ4v) is 3.05. The zero-order valence-corrected chi connectivity index (χ0v) is 17.1. The van der Waals surface area contributed by atoms with E-state index < -0.39 is 7.25 Å². The highest BCUT2D eigenvalue weighted by Crippen LogP contribution is 2.34. The topological polar surface area (TPSA) is 25.4 Å². The number of benzene rings is 2. The molecule has 3 nitrogen and oxygen atoms in total. The Morgan fingerprint density at radius 3 is 2.13 bits per heavy atom. The van der Waals surface area contributed by atoms with Crippen LogP contribution in [-0.4, -0.2) is 27.5 Å². The van der Waals surface area contributed by atoms with E-state index in [2.05, 4.69) is 67.0 Å². The summed E-state index contributed by atoms with van der Waals surface area (Å²) >= 11 is 0.